The van der Waals surface area contributed by atoms with Crippen molar-refractivity contribution in [2.75, 3.05) is 0 Å². The molecule has 1 aromatic carbocycles. The van der Waals surface area contributed by atoms with Crippen molar-refractivity contribution in [1.29, 1.82) is 0 Å². The number of hydrogen-bond donors (Lipinski definition) is 2. The first-order valence-electron chi connectivity index (χ1n) is 3.77. The van der Waals surface area contributed by atoms with E-state index in [-0.39, 0.29) is 5.82 Å². The number of aromatic nitrogens is 3. The van der Waals surface area contributed by atoms with Crippen molar-refractivity contribution in [3.8, 4) is 11.4 Å². The van der Waals surface area contributed by atoms with Gasteiger partial charge in [0, 0.05) is 0 Å². The molecule has 0 aliphatic carbocycles. The summed E-state index contributed by atoms with van der Waals surface area (Å²) in [7, 11) is 0. The number of halogens is 2. The zero-order chi connectivity index (χ0) is 10.1. The van der Waals surface area contributed by atoms with Gasteiger partial charge in [-0.2, -0.15) is 4.98 Å². The van der Waals surface area contributed by atoms with Crippen molar-refractivity contribution in [2.24, 2.45) is 0 Å². The first-order chi connectivity index (χ1) is 6.68. The lowest BCUT2D eigenvalue weighted by Crippen LogP contribution is -1.87. The van der Waals surface area contributed by atoms with E-state index in [1.807, 2.05) is 0 Å². The fourth-order valence-corrected chi connectivity index (χ4v) is 1.59. The van der Waals surface area contributed by atoms with E-state index >= 15 is 0 Å². The highest BCUT2D eigenvalue weighted by Gasteiger charge is 2.09. The maximum absolute atomic E-state index is 13.5. The largest absolute Gasteiger partial charge is 0.282 e. The highest BCUT2D eigenvalue weighted by molar-refractivity contribution is 9.10. The maximum atomic E-state index is 13.5. The molecule has 0 fully saturated rings. The summed E-state index contributed by atoms with van der Waals surface area (Å²) >= 11 is 7.87. The Morgan fingerprint density at radius 2 is 2.14 bits per heavy atom. The van der Waals surface area contributed by atoms with E-state index in [9.17, 15) is 4.39 Å². The van der Waals surface area contributed by atoms with Gasteiger partial charge in [0.1, 0.15) is 5.82 Å². The minimum atomic E-state index is -0.356. The molecule has 6 heteroatoms. The summed E-state index contributed by atoms with van der Waals surface area (Å²) in [6.07, 6.45) is 0. The summed E-state index contributed by atoms with van der Waals surface area (Å²) in [5.74, 6) is 0.0408. The second-order valence-corrected chi connectivity index (χ2v) is 3.86. The number of benzene rings is 1. The van der Waals surface area contributed by atoms with Crippen molar-refractivity contribution < 1.29 is 4.39 Å². The van der Waals surface area contributed by atoms with Crippen LogP contribution in [-0.2, 0) is 0 Å². The van der Waals surface area contributed by atoms with Crippen molar-refractivity contribution in [3.63, 3.8) is 0 Å². The van der Waals surface area contributed by atoms with Crippen LogP contribution in [-0.4, -0.2) is 15.2 Å². The molecule has 0 aliphatic heterocycles. The van der Waals surface area contributed by atoms with Gasteiger partial charge in [0.05, 0.1) is 10.0 Å². The molecular formula is C8H5BrFN3S. The summed E-state index contributed by atoms with van der Waals surface area (Å²) in [6, 6.07) is 4.98. The Labute approximate surface area is 92.5 Å². The highest BCUT2D eigenvalue weighted by Crippen LogP contribution is 2.24. The Balaban J connectivity index is 2.62. The standard InChI is InChI=1S/C8H5BrFN3S/c9-5-3-1-2-4(6(5)10)7-11-8(14)13-12-7/h1-3H,(H2,11,12,13,14). The maximum Gasteiger partial charge on any atom is 0.213 e. The number of H-pyrrole nitrogens is 2. The molecule has 1 heterocycles. The van der Waals surface area contributed by atoms with E-state index in [4.69, 9.17) is 12.2 Å². The summed E-state index contributed by atoms with van der Waals surface area (Å²) in [4.78, 5) is 3.93. The van der Waals surface area contributed by atoms with Crippen LogP contribution in [0.4, 0.5) is 4.39 Å². The number of nitrogens with zero attached hydrogens (tertiary/aromatic N) is 1. The molecule has 2 N–H and O–H groups in total. The molecule has 2 aromatic rings. The summed E-state index contributed by atoms with van der Waals surface area (Å²) in [6.45, 7) is 0. The molecule has 0 atom stereocenters. The van der Waals surface area contributed by atoms with Crippen LogP contribution < -0.4 is 0 Å². The molecule has 2 rings (SSSR count). The number of nitrogens with one attached hydrogen (secondary N) is 2. The van der Waals surface area contributed by atoms with Gasteiger partial charge < -0.3 is 0 Å². The number of rotatable bonds is 1. The van der Waals surface area contributed by atoms with Crippen LogP contribution in [0.1, 0.15) is 0 Å². The van der Waals surface area contributed by atoms with Crippen molar-refractivity contribution in [2.45, 2.75) is 0 Å². The first-order valence-corrected chi connectivity index (χ1v) is 4.97. The van der Waals surface area contributed by atoms with Gasteiger partial charge in [0.2, 0.25) is 4.77 Å². The molecule has 0 bridgehead atoms. The molecule has 1 aromatic heterocycles. The van der Waals surface area contributed by atoms with Gasteiger partial charge in [-0.1, -0.05) is 6.07 Å². The molecule has 0 saturated carbocycles. The normalized spacial score (nSPS) is 10.4. The smallest absolute Gasteiger partial charge is 0.213 e. The third-order valence-corrected chi connectivity index (χ3v) is 2.51. The highest BCUT2D eigenvalue weighted by atomic mass is 79.9. The van der Waals surface area contributed by atoms with Gasteiger partial charge >= 0.3 is 0 Å². The van der Waals surface area contributed by atoms with Gasteiger partial charge in [0.15, 0.2) is 5.82 Å². The predicted molar refractivity (Wildman–Crippen MR) is 56.9 cm³/mol. The summed E-state index contributed by atoms with van der Waals surface area (Å²) in [5.41, 5.74) is 0.381. The quantitative estimate of drug-likeness (QED) is 0.785. The minimum Gasteiger partial charge on any atom is -0.282 e. The molecule has 0 unspecified atom stereocenters. The van der Waals surface area contributed by atoms with Gasteiger partial charge in [0.25, 0.3) is 0 Å². The number of aromatic amines is 2. The molecule has 0 amide bonds. The average molecular weight is 274 g/mol. The third-order valence-electron chi connectivity index (χ3n) is 1.71. The molecule has 0 spiro atoms. The zero-order valence-electron chi connectivity index (χ0n) is 6.84. The van der Waals surface area contributed by atoms with Crippen molar-refractivity contribution >= 4 is 28.1 Å². The van der Waals surface area contributed by atoms with E-state index in [0.29, 0.717) is 20.6 Å². The topological polar surface area (TPSA) is 44.5 Å². The monoisotopic (exact) mass is 273 g/mol. The fourth-order valence-electron chi connectivity index (χ4n) is 1.08. The van der Waals surface area contributed by atoms with Crippen molar-refractivity contribution in [3.05, 3.63) is 33.3 Å². The van der Waals surface area contributed by atoms with Gasteiger partial charge in [-0.05, 0) is 40.3 Å². The van der Waals surface area contributed by atoms with E-state index in [2.05, 4.69) is 31.1 Å². The van der Waals surface area contributed by atoms with Crippen LogP contribution in [0.2, 0.25) is 0 Å². The van der Waals surface area contributed by atoms with E-state index < -0.39 is 0 Å². The summed E-state index contributed by atoms with van der Waals surface area (Å²) in [5, 5.41) is 5.30. The van der Waals surface area contributed by atoms with Crippen LogP contribution in [0, 0.1) is 10.6 Å². The summed E-state index contributed by atoms with van der Waals surface area (Å²) < 4.78 is 14.2. The predicted octanol–water partition coefficient (Wildman–Crippen LogP) is 3.04. The lowest BCUT2D eigenvalue weighted by atomic mass is 10.2. The molecule has 0 aliphatic rings. The van der Waals surface area contributed by atoms with Crippen LogP contribution in [0.5, 0.6) is 0 Å². The van der Waals surface area contributed by atoms with E-state index in [0.717, 1.165) is 0 Å². The van der Waals surface area contributed by atoms with Gasteiger partial charge in [-0.3, -0.25) is 10.2 Å². The Hall–Kier alpha value is -1.01. The second-order valence-electron chi connectivity index (χ2n) is 2.62. The number of hydrogen-bond acceptors (Lipinski definition) is 2. The van der Waals surface area contributed by atoms with Gasteiger partial charge in [-0.15, -0.1) is 0 Å². The molecule has 0 saturated heterocycles. The van der Waals surface area contributed by atoms with Crippen molar-refractivity contribution in [1.82, 2.24) is 15.2 Å². The Morgan fingerprint density at radius 1 is 1.36 bits per heavy atom. The first kappa shape index (κ1) is 9.54. The van der Waals surface area contributed by atoms with Crippen LogP contribution in [0.15, 0.2) is 22.7 Å². The third kappa shape index (κ3) is 1.62. The Kier molecular flexibility index (Phi) is 2.47. The van der Waals surface area contributed by atoms with Crippen LogP contribution in [0.25, 0.3) is 11.4 Å². The van der Waals surface area contributed by atoms with Crippen LogP contribution >= 0.6 is 28.1 Å². The lowest BCUT2D eigenvalue weighted by molar-refractivity contribution is 0.623. The Bertz CT molecular complexity index is 519. The molecular weight excluding hydrogens is 269 g/mol. The molecule has 72 valence electrons. The average Bonchev–Trinajstić information content (AvgIpc) is 2.57. The second kappa shape index (κ2) is 3.62. The minimum absolute atomic E-state index is 0.305. The lowest BCUT2D eigenvalue weighted by Gasteiger charge is -1.99. The van der Waals surface area contributed by atoms with E-state index in [1.54, 1.807) is 18.2 Å². The molecule has 0 radical (unpaired) electrons. The van der Waals surface area contributed by atoms with Crippen LogP contribution in [0.3, 0.4) is 0 Å². The van der Waals surface area contributed by atoms with E-state index in [1.165, 1.54) is 0 Å². The SMILES string of the molecule is Fc1c(Br)cccc1-c1nc(=S)[nH][nH]1. The Morgan fingerprint density at radius 3 is 2.79 bits per heavy atom. The molecule has 3 nitrogen and oxygen atoms in total. The fraction of sp³-hybridized carbons (Fsp3) is 0. The molecule has 14 heavy (non-hydrogen) atoms. The van der Waals surface area contributed by atoms with Gasteiger partial charge in [-0.25, -0.2) is 4.39 Å². The zero-order valence-corrected chi connectivity index (χ0v) is 9.25.